The Bertz CT molecular complexity index is 395. The summed E-state index contributed by atoms with van der Waals surface area (Å²) in [6, 6.07) is 0. The van der Waals surface area contributed by atoms with Crippen LogP contribution in [-0.2, 0) is 79.0 Å². The number of rotatable bonds is 2. The molecule has 1 aliphatic rings. The third-order valence-corrected chi connectivity index (χ3v) is 2.67. The van der Waals surface area contributed by atoms with Crippen molar-refractivity contribution in [2.24, 2.45) is 7.05 Å². The van der Waals surface area contributed by atoms with Gasteiger partial charge < -0.3 is 0 Å². The van der Waals surface area contributed by atoms with Crippen molar-refractivity contribution in [3.8, 4) is 0 Å². The van der Waals surface area contributed by atoms with E-state index in [0.29, 0.717) is 0 Å². The number of aromatic nitrogens is 2. The second-order valence-electron chi connectivity index (χ2n) is 4.10. The molecule has 0 spiro atoms. The Morgan fingerprint density at radius 2 is 1.84 bits per heavy atom. The van der Waals surface area contributed by atoms with Gasteiger partial charge in [-0.2, -0.15) is 0 Å². The Morgan fingerprint density at radius 3 is 2.05 bits per heavy atom. The summed E-state index contributed by atoms with van der Waals surface area (Å²) in [6.45, 7) is 5.37. The maximum absolute atomic E-state index is 2.19. The fourth-order valence-corrected chi connectivity index (χ4v) is 1.58. The van der Waals surface area contributed by atoms with Crippen LogP contribution >= 0.6 is 0 Å². The largest absolute Gasteiger partial charge is 0.243 e. The number of hydrogen-bond donors (Lipinski definition) is 0. The molecule has 102 valence electrons. The van der Waals surface area contributed by atoms with E-state index in [9.17, 15) is 0 Å². The van der Waals surface area contributed by atoms with Crippen molar-refractivity contribution >= 4 is 6.21 Å². The van der Waals surface area contributed by atoms with E-state index >= 15 is 0 Å². The van der Waals surface area contributed by atoms with Crippen LogP contribution in [0.15, 0.2) is 30.5 Å². The molecular weight excluding hydrogens is 388 g/mol. The molecule has 3 nitrogen and oxygen atoms in total. The molecule has 0 saturated carbocycles. The van der Waals surface area contributed by atoms with E-state index in [-0.39, 0.29) is 72.8 Å². The Balaban J connectivity index is -0.000000233. The van der Waals surface area contributed by atoms with Crippen molar-refractivity contribution in [3.05, 3.63) is 30.5 Å². The maximum Gasteiger partial charge on any atom is 0.243 e. The van der Waals surface area contributed by atoms with Crippen LogP contribution in [0, 0.1) is 0 Å². The van der Waals surface area contributed by atoms with Crippen molar-refractivity contribution in [3.63, 3.8) is 0 Å². The van der Waals surface area contributed by atoms with Gasteiger partial charge in [0.1, 0.15) is 25.7 Å². The SMILES string of the molecule is C.CCC1=C[N+](C)=CC1.CCn1cc[n+](C)c1.[Y].[Y]. The van der Waals surface area contributed by atoms with Gasteiger partial charge in [0.2, 0.25) is 6.33 Å². The predicted octanol–water partition coefficient (Wildman–Crippen LogP) is 2.36. The number of imidazole rings is 1. The van der Waals surface area contributed by atoms with Gasteiger partial charge in [0.05, 0.1) is 20.0 Å². The van der Waals surface area contributed by atoms with Crippen molar-refractivity contribution in [1.29, 1.82) is 0 Å². The average molecular weight is 415 g/mol. The van der Waals surface area contributed by atoms with Gasteiger partial charge >= 0.3 is 0 Å². The summed E-state index contributed by atoms with van der Waals surface area (Å²) in [5.74, 6) is 0. The van der Waals surface area contributed by atoms with Crippen molar-refractivity contribution in [2.75, 3.05) is 7.05 Å². The van der Waals surface area contributed by atoms with Crippen molar-refractivity contribution < 1.29 is 74.6 Å². The molecule has 0 aliphatic carbocycles. The Morgan fingerprint density at radius 1 is 1.21 bits per heavy atom. The molecule has 2 rings (SSSR count). The minimum absolute atomic E-state index is 0. The van der Waals surface area contributed by atoms with E-state index in [2.05, 4.69) is 55.0 Å². The van der Waals surface area contributed by atoms with Gasteiger partial charge in [-0.25, -0.2) is 13.7 Å². The Kier molecular flexibility index (Phi) is 18.0. The first-order valence-corrected chi connectivity index (χ1v) is 5.91. The minimum atomic E-state index is 0. The summed E-state index contributed by atoms with van der Waals surface area (Å²) < 4.78 is 6.28. The first kappa shape index (κ1) is 24.8. The zero-order valence-electron chi connectivity index (χ0n) is 12.0. The molecule has 0 N–H and O–H groups in total. The molecule has 2 heterocycles. The van der Waals surface area contributed by atoms with Gasteiger partial charge in [-0.15, -0.1) is 0 Å². The van der Waals surface area contributed by atoms with Gasteiger partial charge in [-0.05, 0) is 13.3 Å². The predicted molar refractivity (Wildman–Crippen MR) is 73.3 cm³/mol. The topological polar surface area (TPSA) is 11.8 Å². The summed E-state index contributed by atoms with van der Waals surface area (Å²) in [5.41, 5.74) is 1.53. The van der Waals surface area contributed by atoms with Gasteiger partial charge in [-0.1, -0.05) is 14.4 Å². The van der Waals surface area contributed by atoms with Crippen LogP contribution < -0.4 is 4.57 Å². The zero-order chi connectivity index (χ0) is 12.0. The third-order valence-electron chi connectivity index (χ3n) is 2.67. The molecule has 0 bridgehead atoms. The summed E-state index contributed by atoms with van der Waals surface area (Å²) in [6.07, 6.45) is 12.9. The normalized spacial score (nSPS) is 11.8. The molecular formula is C14H27N3Y2+2. The third kappa shape index (κ3) is 10.2. The van der Waals surface area contributed by atoms with E-state index in [1.165, 1.54) is 12.0 Å². The van der Waals surface area contributed by atoms with Crippen molar-refractivity contribution in [1.82, 2.24) is 4.57 Å². The van der Waals surface area contributed by atoms with Crippen molar-refractivity contribution in [2.45, 2.75) is 40.7 Å². The first-order chi connectivity index (χ1) is 7.65. The standard InChI is InChI=1S/C7H12N.C6H11N2.CH4.2Y/c1-3-7-4-5-8(2)6-7;1-3-8-5-4-7(2)6-8;;;/h5-6H,3-4H2,1-2H3;4-6H,3H2,1-2H3;1H4;;/q2*+1;;;. The number of allylic oxidation sites excluding steroid dienone is 1. The molecule has 0 amide bonds. The van der Waals surface area contributed by atoms with Crippen LogP contribution in [0.1, 0.15) is 34.1 Å². The quantitative estimate of drug-likeness (QED) is 0.658. The van der Waals surface area contributed by atoms with E-state index in [1.807, 2.05) is 17.8 Å². The van der Waals surface area contributed by atoms with Gasteiger partial charge in [0.15, 0.2) is 6.20 Å². The number of nitrogens with zero attached hydrogens (tertiary/aromatic N) is 3. The summed E-state index contributed by atoms with van der Waals surface area (Å²) in [4.78, 5) is 0. The first-order valence-electron chi connectivity index (χ1n) is 5.91. The van der Waals surface area contributed by atoms with Crippen LogP contribution in [0.2, 0.25) is 0 Å². The second-order valence-corrected chi connectivity index (χ2v) is 4.10. The molecule has 5 heteroatoms. The molecule has 0 saturated heterocycles. The smallest absolute Gasteiger partial charge is 0.240 e. The zero-order valence-corrected chi connectivity index (χ0v) is 17.7. The van der Waals surface area contributed by atoms with Crippen LogP contribution in [0.25, 0.3) is 0 Å². The monoisotopic (exact) mass is 415 g/mol. The van der Waals surface area contributed by atoms with Crippen LogP contribution in [-0.4, -0.2) is 22.4 Å². The Labute approximate surface area is 168 Å². The van der Waals surface area contributed by atoms with E-state index in [4.69, 9.17) is 0 Å². The van der Waals surface area contributed by atoms with Crippen LogP contribution in [0.3, 0.4) is 0 Å². The van der Waals surface area contributed by atoms with Crippen LogP contribution in [0.4, 0.5) is 0 Å². The molecule has 0 fully saturated rings. The van der Waals surface area contributed by atoms with E-state index in [0.717, 1.165) is 13.0 Å². The summed E-state index contributed by atoms with van der Waals surface area (Å²) in [5, 5.41) is 0. The molecule has 1 aromatic rings. The van der Waals surface area contributed by atoms with Gasteiger partial charge in [0, 0.05) is 71.0 Å². The minimum Gasteiger partial charge on any atom is -0.240 e. The molecule has 19 heavy (non-hydrogen) atoms. The summed E-state index contributed by atoms with van der Waals surface area (Å²) >= 11 is 0. The van der Waals surface area contributed by atoms with Crippen LogP contribution in [0.5, 0.6) is 0 Å². The van der Waals surface area contributed by atoms with Gasteiger partial charge in [-0.3, -0.25) is 0 Å². The summed E-state index contributed by atoms with van der Waals surface area (Å²) in [7, 11) is 4.09. The maximum atomic E-state index is 2.19. The second kappa shape index (κ2) is 13.8. The van der Waals surface area contributed by atoms with Gasteiger partial charge in [0.25, 0.3) is 0 Å². The Hall–Kier alpha value is 0.828. The fourth-order valence-electron chi connectivity index (χ4n) is 1.58. The van der Waals surface area contributed by atoms with E-state index in [1.54, 1.807) is 0 Å². The molecule has 0 atom stereocenters. The molecule has 1 aromatic heterocycles. The average Bonchev–Trinajstić information content (AvgIpc) is 2.88. The molecule has 1 aliphatic heterocycles. The van der Waals surface area contributed by atoms with E-state index < -0.39 is 0 Å². The molecule has 2 radical (unpaired) electrons. The number of hydrogen-bond acceptors (Lipinski definition) is 0. The fraction of sp³-hybridized carbons (Fsp3) is 0.571. The number of aryl methyl sites for hydroxylation is 2. The molecule has 0 unspecified atom stereocenters. The molecule has 0 aromatic carbocycles.